The lowest BCUT2D eigenvalue weighted by atomic mass is 10.1. The third-order valence-electron chi connectivity index (χ3n) is 6.32. The van der Waals surface area contributed by atoms with Gasteiger partial charge >= 0.3 is 5.97 Å². The number of nitrogens with zero attached hydrogens (tertiary/aromatic N) is 4. The van der Waals surface area contributed by atoms with Gasteiger partial charge in [-0.3, -0.25) is 14.0 Å². The minimum Gasteiger partial charge on any atom is -0.494 e. The smallest absolute Gasteiger partial charge is 0.341 e. The summed E-state index contributed by atoms with van der Waals surface area (Å²) in [6.07, 6.45) is 3.10. The summed E-state index contributed by atoms with van der Waals surface area (Å²) in [7, 11) is 0. The topological polar surface area (TPSA) is 113 Å². The van der Waals surface area contributed by atoms with Crippen LogP contribution in [-0.4, -0.2) is 51.8 Å². The van der Waals surface area contributed by atoms with Gasteiger partial charge in [0.25, 0.3) is 11.5 Å². The average Bonchev–Trinajstić information content (AvgIpc) is 3.44. The zero-order valence-corrected chi connectivity index (χ0v) is 21.3. The SMILES string of the molecule is CCOC(=O)c1cc2c(=O)n3ccccc3nc2n(CC2CCCO2)c1=NC(=O)c1ccc(OCC)cc1. The predicted octanol–water partition coefficient (Wildman–Crippen LogP) is 3.14. The van der Waals surface area contributed by atoms with Crippen molar-refractivity contribution in [3.05, 3.63) is 81.7 Å². The monoisotopic (exact) mass is 516 g/mol. The van der Waals surface area contributed by atoms with E-state index in [0.717, 1.165) is 12.8 Å². The number of amides is 1. The molecule has 0 spiro atoms. The van der Waals surface area contributed by atoms with Gasteiger partial charge in [0, 0.05) is 18.4 Å². The van der Waals surface area contributed by atoms with Crippen molar-refractivity contribution in [2.45, 2.75) is 39.3 Å². The van der Waals surface area contributed by atoms with Crippen LogP contribution in [0.4, 0.5) is 0 Å². The fraction of sp³-hybridized carbons (Fsp3) is 0.321. The minimum atomic E-state index is -0.689. The molecule has 1 aromatic carbocycles. The van der Waals surface area contributed by atoms with Gasteiger partial charge in [-0.1, -0.05) is 6.07 Å². The summed E-state index contributed by atoms with van der Waals surface area (Å²) in [4.78, 5) is 49.0. The van der Waals surface area contributed by atoms with Crippen LogP contribution >= 0.6 is 0 Å². The first kappa shape index (κ1) is 25.3. The molecule has 38 heavy (non-hydrogen) atoms. The number of rotatable bonds is 7. The lowest BCUT2D eigenvalue weighted by Crippen LogP contribution is -2.35. The van der Waals surface area contributed by atoms with Crippen molar-refractivity contribution in [1.82, 2.24) is 14.0 Å². The van der Waals surface area contributed by atoms with E-state index < -0.39 is 11.9 Å². The summed E-state index contributed by atoms with van der Waals surface area (Å²) in [5.74, 6) is -0.616. The second-order valence-electron chi connectivity index (χ2n) is 8.81. The van der Waals surface area contributed by atoms with Crippen molar-refractivity contribution in [3.8, 4) is 5.75 Å². The molecule has 1 atom stereocenters. The Morgan fingerprint density at radius 3 is 2.66 bits per heavy atom. The molecule has 1 saturated heterocycles. The summed E-state index contributed by atoms with van der Waals surface area (Å²) in [6, 6.07) is 13.3. The number of hydrogen-bond acceptors (Lipinski definition) is 7. The van der Waals surface area contributed by atoms with Crippen molar-refractivity contribution in [2.75, 3.05) is 19.8 Å². The molecule has 0 N–H and O–H groups in total. The van der Waals surface area contributed by atoms with Gasteiger partial charge in [0.05, 0.1) is 31.2 Å². The molecule has 1 unspecified atom stereocenters. The second-order valence-corrected chi connectivity index (χ2v) is 8.81. The van der Waals surface area contributed by atoms with Gasteiger partial charge < -0.3 is 18.8 Å². The molecule has 1 aliphatic rings. The molecule has 4 heterocycles. The molecule has 0 radical (unpaired) electrons. The van der Waals surface area contributed by atoms with E-state index in [2.05, 4.69) is 4.99 Å². The number of carbonyl (C=O) groups excluding carboxylic acids is 2. The Morgan fingerprint density at radius 1 is 1.13 bits per heavy atom. The van der Waals surface area contributed by atoms with E-state index in [9.17, 15) is 14.4 Å². The lowest BCUT2D eigenvalue weighted by molar-refractivity contribution is 0.0521. The van der Waals surface area contributed by atoms with Crippen molar-refractivity contribution in [2.24, 2.45) is 4.99 Å². The maximum absolute atomic E-state index is 13.5. The van der Waals surface area contributed by atoms with Gasteiger partial charge in [0.2, 0.25) is 0 Å². The quantitative estimate of drug-likeness (QED) is 0.274. The second kappa shape index (κ2) is 11.0. The fourth-order valence-corrected chi connectivity index (χ4v) is 4.54. The maximum atomic E-state index is 13.5. The molecule has 1 fully saturated rings. The van der Waals surface area contributed by atoms with E-state index in [1.54, 1.807) is 60.2 Å². The van der Waals surface area contributed by atoms with Crippen LogP contribution < -0.4 is 15.8 Å². The molecule has 1 aliphatic heterocycles. The van der Waals surface area contributed by atoms with Gasteiger partial charge in [-0.25, -0.2) is 9.78 Å². The molecular weight excluding hydrogens is 488 g/mol. The molecule has 0 aliphatic carbocycles. The van der Waals surface area contributed by atoms with Crippen LogP contribution in [0.5, 0.6) is 5.75 Å². The molecule has 4 aromatic rings. The number of carbonyl (C=O) groups is 2. The Labute approximate surface area is 218 Å². The Morgan fingerprint density at radius 2 is 1.95 bits per heavy atom. The number of benzene rings is 1. The van der Waals surface area contributed by atoms with E-state index in [1.807, 2.05) is 6.92 Å². The first-order valence-corrected chi connectivity index (χ1v) is 12.7. The van der Waals surface area contributed by atoms with Crippen LogP contribution in [0.15, 0.2) is 64.5 Å². The summed E-state index contributed by atoms with van der Waals surface area (Å²) in [5.41, 5.74) is 0.783. The fourth-order valence-electron chi connectivity index (χ4n) is 4.54. The third kappa shape index (κ3) is 4.95. The highest BCUT2D eigenvalue weighted by Crippen LogP contribution is 2.18. The average molecular weight is 517 g/mol. The van der Waals surface area contributed by atoms with Crippen LogP contribution in [0.2, 0.25) is 0 Å². The van der Waals surface area contributed by atoms with Crippen LogP contribution in [0.3, 0.4) is 0 Å². The van der Waals surface area contributed by atoms with E-state index in [0.29, 0.717) is 35.8 Å². The Bertz CT molecular complexity index is 1630. The number of hydrogen-bond donors (Lipinski definition) is 0. The highest BCUT2D eigenvalue weighted by molar-refractivity contribution is 5.97. The van der Waals surface area contributed by atoms with Crippen molar-refractivity contribution in [3.63, 3.8) is 0 Å². The van der Waals surface area contributed by atoms with E-state index in [4.69, 9.17) is 19.2 Å². The Hall–Kier alpha value is -4.31. The zero-order valence-electron chi connectivity index (χ0n) is 21.3. The van der Waals surface area contributed by atoms with Crippen molar-refractivity contribution in [1.29, 1.82) is 0 Å². The number of fused-ring (bicyclic) bond motifs is 2. The molecular formula is C28H28N4O6. The van der Waals surface area contributed by atoms with E-state index in [1.165, 1.54) is 10.5 Å². The number of aromatic nitrogens is 3. The van der Waals surface area contributed by atoms with Crippen LogP contribution in [0, 0.1) is 0 Å². The first-order valence-electron chi connectivity index (χ1n) is 12.7. The Balaban J connectivity index is 1.79. The molecule has 10 nitrogen and oxygen atoms in total. The maximum Gasteiger partial charge on any atom is 0.341 e. The van der Waals surface area contributed by atoms with E-state index in [-0.39, 0.29) is 41.3 Å². The molecule has 10 heteroatoms. The molecule has 3 aromatic heterocycles. The van der Waals surface area contributed by atoms with Gasteiger partial charge in [-0.15, -0.1) is 0 Å². The van der Waals surface area contributed by atoms with Gasteiger partial charge in [0.1, 0.15) is 22.6 Å². The normalized spacial score (nSPS) is 15.7. The molecule has 0 saturated carbocycles. The number of pyridine rings is 2. The molecule has 196 valence electrons. The summed E-state index contributed by atoms with van der Waals surface area (Å²) >= 11 is 0. The predicted molar refractivity (Wildman–Crippen MR) is 139 cm³/mol. The van der Waals surface area contributed by atoms with Crippen LogP contribution in [0.25, 0.3) is 16.7 Å². The summed E-state index contributed by atoms with van der Waals surface area (Å²) in [5, 5.41) is 0.210. The number of esters is 1. The van der Waals surface area contributed by atoms with Crippen LogP contribution in [-0.2, 0) is 16.0 Å². The first-order chi connectivity index (χ1) is 18.5. The van der Waals surface area contributed by atoms with Crippen molar-refractivity contribution < 1.29 is 23.8 Å². The van der Waals surface area contributed by atoms with Gasteiger partial charge in [-0.2, -0.15) is 4.99 Å². The van der Waals surface area contributed by atoms with Crippen LogP contribution in [0.1, 0.15) is 47.4 Å². The number of ether oxygens (including phenoxy) is 3. The molecule has 1 amide bonds. The van der Waals surface area contributed by atoms with Crippen molar-refractivity contribution >= 4 is 28.6 Å². The van der Waals surface area contributed by atoms with Gasteiger partial charge in [-0.05, 0) is 69.2 Å². The molecule has 5 rings (SSSR count). The third-order valence-corrected chi connectivity index (χ3v) is 6.32. The Kier molecular flexibility index (Phi) is 7.32. The lowest BCUT2D eigenvalue weighted by Gasteiger charge is -2.18. The van der Waals surface area contributed by atoms with Gasteiger partial charge in [0.15, 0.2) is 5.49 Å². The minimum absolute atomic E-state index is 0.00594. The van der Waals surface area contributed by atoms with E-state index >= 15 is 0 Å². The molecule has 0 bridgehead atoms. The zero-order chi connectivity index (χ0) is 26.6. The largest absolute Gasteiger partial charge is 0.494 e. The summed E-state index contributed by atoms with van der Waals surface area (Å²) < 4.78 is 19.7. The summed E-state index contributed by atoms with van der Waals surface area (Å²) in [6.45, 7) is 5.05. The highest BCUT2D eigenvalue weighted by Gasteiger charge is 2.24. The standard InChI is InChI=1S/C28H28N4O6/c1-3-36-19-12-10-18(11-13-19)26(33)30-25-22(28(35)37-4-2)16-21-24(32(25)17-20-8-7-15-38-20)29-23-9-5-6-14-31(23)27(21)34/h5-6,9-14,16,20H,3-4,7-8,15,17H2,1-2H3. The highest BCUT2D eigenvalue weighted by atomic mass is 16.5.